The lowest BCUT2D eigenvalue weighted by atomic mass is 10.1. The minimum atomic E-state index is -0.0986. The molecule has 0 spiro atoms. The molecule has 0 saturated heterocycles. The van der Waals surface area contributed by atoms with Crippen LogP contribution in [0.3, 0.4) is 0 Å². The average molecular weight is 426 g/mol. The van der Waals surface area contributed by atoms with Crippen molar-refractivity contribution < 1.29 is 4.79 Å². The molecule has 0 aliphatic rings. The van der Waals surface area contributed by atoms with E-state index in [1.807, 2.05) is 37.6 Å². The molecule has 158 valence electrons. The third-order valence-corrected chi connectivity index (χ3v) is 5.48. The van der Waals surface area contributed by atoms with Gasteiger partial charge in [0.25, 0.3) is 5.91 Å². The molecule has 0 radical (unpaired) electrons. The minimum absolute atomic E-state index is 0.0986. The number of hydrogen-bond acceptors (Lipinski definition) is 5. The van der Waals surface area contributed by atoms with Gasteiger partial charge in [-0.15, -0.1) is 11.3 Å². The van der Waals surface area contributed by atoms with Crippen LogP contribution in [0.1, 0.15) is 32.3 Å². The predicted octanol–water partition coefficient (Wildman–Crippen LogP) is 2.35. The molecule has 1 aromatic carbocycles. The van der Waals surface area contributed by atoms with Crippen LogP contribution >= 0.6 is 11.3 Å². The molecule has 8 nitrogen and oxygen atoms in total. The lowest BCUT2D eigenvalue weighted by Gasteiger charge is -2.15. The molecule has 0 fully saturated rings. The first-order chi connectivity index (χ1) is 14.5. The molecule has 0 aliphatic heterocycles. The van der Waals surface area contributed by atoms with Crippen LogP contribution in [-0.2, 0) is 6.54 Å². The molecule has 2 aromatic heterocycles. The van der Waals surface area contributed by atoms with E-state index in [9.17, 15) is 4.79 Å². The summed E-state index contributed by atoms with van der Waals surface area (Å²) in [5, 5.41) is 14.0. The van der Waals surface area contributed by atoms with Gasteiger partial charge in [0.2, 0.25) is 0 Å². The Balaban J connectivity index is 1.52. The summed E-state index contributed by atoms with van der Waals surface area (Å²) in [6, 6.07) is 10.2. The van der Waals surface area contributed by atoms with Crippen molar-refractivity contribution in [2.75, 3.05) is 20.1 Å². The van der Waals surface area contributed by atoms with Gasteiger partial charge in [0, 0.05) is 32.4 Å². The largest absolute Gasteiger partial charge is 0.355 e. The standard InChI is InChI=1S/C21H27N7OS/c1-14-11-15(2)28(27-14)18-8-6-5-7-17(18)12-25-21(22-4)24-10-9-23-20(29)19-16(3)26-13-30-19/h5-8,11,13H,9-10,12H2,1-4H3,(H,23,29)(H2,22,24,25). The van der Waals surface area contributed by atoms with Crippen LogP contribution in [0.4, 0.5) is 0 Å². The number of nitrogens with one attached hydrogen (secondary N) is 3. The maximum absolute atomic E-state index is 12.1. The summed E-state index contributed by atoms with van der Waals surface area (Å²) in [7, 11) is 1.72. The fourth-order valence-corrected chi connectivity index (χ4v) is 3.82. The van der Waals surface area contributed by atoms with Crippen molar-refractivity contribution in [2.24, 2.45) is 4.99 Å². The third-order valence-electron chi connectivity index (χ3n) is 4.55. The van der Waals surface area contributed by atoms with Crippen LogP contribution in [0.15, 0.2) is 40.8 Å². The Bertz CT molecular complexity index is 1040. The van der Waals surface area contributed by atoms with E-state index in [-0.39, 0.29) is 5.91 Å². The smallest absolute Gasteiger partial charge is 0.263 e. The molecule has 0 unspecified atom stereocenters. The topological polar surface area (TPSA) is 96.2 Å². The highest BCUT2D eigenvalue weighted by Gasteiger charge is 2.11. The van der Waals surface area contributed by atoms with E-state index in [4.69, 9.17) is 0 Å². The fourth-order valence-electron chi connectivity index (χ4n) is 3.10. The number of carbonyl (C=O) groups excluding carboxylic acids is 1. The van der Waals surface area contributed by atoms with E-state index in [2.05, 4.69) is 49.2 Å². The minimum Gasteiger partial charge on any atom is -0.355 e. The van der Waals surface area contributed by atoms with Gasteiger partial charge in [0.05, 0.1) is 22.6 Å². The first-order valence-corrected chi connectivity index (χ1v) is 10.6. The molecule has 3 aromatic rings. The number of benzene rings is 1. The van der Waals surface area contributed by atoms with Crippen LogP contribution in [0.5, 0.6) is 0 Å². The number of aliphatic imine (C=N–C) groups is 1. The molecule has 3 N–H and O–H groups in total. The molecule has 0 bridgehead atoms. The molecular weight excluding hydrogens is 398 g/mol. The van der Waals surface area contributed by atoms with E-state index in [1.54, 1.807) is 12.6 Å². The van der Waals surface area contributed by atoms with E-state index in [1.165, 1.54) is 11.3 Å². The molecule has 1 amide bonds. The highest BCUT2D eigenvalue weighted by Crippen LogP contribution is 2.17. The van der Waals surface area contributed by atoms with E-state index >= 15 is 0 Å². The second-order valence-electron chi connectivity index (χ2n) is 6.84. The number of carbonyl (C=O) groups is 1. The Morgan fingerprint density at radius 3 is 2.57 bits per heavy atom. The van der Waals surface area contributed by atoms with Gasteiger partial charge < -0.3 is 16.0 Å². The van der Waals surface area contributed by atoms with Crippen molar-refractivity contribution in [1.29, 1.82) is 0 Å². The van der Waals surface area contributed by atoms with Crippen molar-refractivity contribution in [1.82, 2.24) is 30.7 Å². The first kappa shape index (κ1) is 21.5. The van der Waals surface area contributed by atoms with Gasteiger partial charge in [-0.1, -0.05) is 18.2 Å². The average Bonchev–Trinajstić information content (AvgIpc) is 3.31. The van der Waals surface area contributed by atoms with Crippen LogP contribution < -0.4 is 16.0 Å². The quantitative estimate of drug-likeness (QED) is 0.307. The van der Waals surface area contributed by atoms with Crippen LogP contribution in [0.25, 0.3) is 5.69 Å². The number of hydrogen-bond donors (Lipinski definition) is 3. The summed E-state index contributed by atoms with van der Waals surface area (Å²) in [6.45, 7) is 7.51. The Kier molecular flexibility index (Phi) is 7.18. The zero-order valence-corrected chi connectivity index (χ0v) is 18.5. The molecule has 0 saturated carbocycles. The Morgan fingerprint density at radius 1 is 1.13 bits per heavy atom. The normalized spacial score (nSPS) is 11.4. The molecule has 2 heterocycles. The summed E-state index contributed by atoms with van der Waals surface area (Å²) in [5.41, 5.74) is 6.67. The summed E-state index contributed by atoms with van der Waals surface area (Å²) in [6.07, 6.45) is 0. The number of aryl methyl sites for hydroxylation is 3. The van der Waals surface area contributed by atoms with Crippen molar-refractivity contribution in [3.63, 3.8) is 0 Å². The van der Waals surface area contributed by atoms with Crippen molar-refractivity contribution in [2.45, 2.75) is 27.3 Å². The zero-order valence-electron chi connectivity index (χ0n) is 17.7. The maximum atomic E-state index is 12.1. The molecule has 9 heteroatoms. The molecule has 30 heavy (non-hydrogen) atoms. The van der Waals surface area contributed by atoms with Crippen LogP contribution in [0.2, 0.25) is 0 Å². The van der Waals surface area contributed by atoms with Crippen molar-refractivity contribution >= 4 is 23.2 Å². The van der Waals surface area contributed by atoms with Gasteiger partial charge >= 0.3 is 0 Å². The van der Waals surface area contributed by atoms with Gasteiger partial charge in [-0.25, -0.2) is 9.67 Å². The van der Waals surface area contributed by atoms with Gasteiger partial charge in [-0.2, -0.15) is 5.10 Å². The maximum Gasteiger partial charge on any atom is 0.263 e. The van der Waals surface area contributed by atoms with Gasteiger partial charge in [-0.05, 0) is 38.5 Å². The van der Waals surface area contributed by atoms with Gasteiger partial charge in [0.15, 0.2) is 5.96 Å². The molecule has 0 atom stereocenters. The highest BCUT2D eigenvalue weighted by atomic mass is 32.1. The number of nitrogens with zero attached hydrogens (tertiary/aromatic N) is 4. The monoisotopic (exact) mass is 425 g/mol. The fraction of sp³-hybridized carbons (Fsp3) is 0.333. The molecular formula is C21H27N7OS. The van der Waals surface area contributed by atoms with E-state index in [0.717, 1.165) is 28.3 Å². The second kappa shape index (κ2) is 10.0. The summed E-state index contributed by atoms with van der Waals surface area (Å²) < 4.78 is 1.96. The number of rotatable bonds is 7. The lowest BCUT2D eigenvalue weighted by molar-refractivity contribution is 0.0957. The Labute approximate surface area is 180 Å². The SMILES string of the molecule is CN=C(NCCNC(=O)c1scnc1C)NCc1ccccc1-n1nc(C)cc1C. The van der Waals surface area contributed by atoms with E-state index < -0.39 is 0 Å². The Morgan fingerprint density at radius 2 is 1.90 bits per heavy atom. The number of amides is 1. The van der Waals surface area contributed by atoms with Crippen LogP contribution in [0, 0.1) is 20.8 Å². The third kappa shape index (κ3) is 5.24. The summed E-state index contributed by atoms with van der Waals surface area (Å²) in [5.74, 6) is 0.569. The Hall–Kier alpha value is -3.20. The number of aromatic nitrogens is 3. The number of guanidine groups is 1. The van der Waals surface area contributed by atoms with E-state index in [0.29, 0.717) is 30.5 Å². The number of para-hydroxylation sites is 1. The van der Waals surface area contributed by atoms with Crippen LogP contribution in [-0.4, -0.2) is 46.8 Å². The molecule has 0 aliphatic carbocycles. The van der Waals surface area contributed by atoms with Gasteiger partial charge in [0.1, 0.15) is 4.88 Å². The molecule has 3 rings (SSSR count). The first-order valence-electron chi connectivity index (χ1n) is 9.74. The predicted molar refractivity (Wildman–Crippen MR) is 120 cm³/mol. The zero-order chi connectivity index (χ0) is 21.5. The number of thiazole rings is 1. The highest BCUT2D eigenvalue weighted by molar-refractivity contribution is 7.11. The summed E-state index contributed by atoms with van der Waals surface area (Å²) >= 11 is 1.35. The van der Waals surface area contributed by atoms with Gasteiger partial charge in [-0.3, -0.25) is 9.79 Å². The summed E-state index contributed by atoms with van der Waals surface area (Å²) in [4.78, 5) is 21.1. The lowest BCUT2D eigenvalue weighted by Crippen LogP contribution is -2.41. The second-order valence-corrected chi connectivity index (χ2v) is 7.70. The van der Waals surface area contributed by atoms with Crippen molar-refractivity contribution in [3.05, 3.63) is 63.4 Å². The van der Waals surface area contributed by atoms with Crippen molar-refractivity contribution in [3.8, 4) is 5.69 Å².